The van der Waals surface area contributed by atoms with Crippen LogP contribution in [-0.2, 0) is 6.54 Å². The zero-order valence-corrected chi connectivity index (χ0v) is 15.8. The second-order valence-corrected chi connectivity index (χ2v) is 8.35. The molecule has 2 aromatic rings. The number of thiophene rings is 1. The first kappa shape index (κ1) is 16.8. The average molecular weight is 359 g/mol. The Morgan fingerprint density at radius 2 is 2.04 bits per heavy atom. The maximum atomic E-state index is 12.6. The molecule has 0 aromatic carbocycles. The van der Waals surface area contributed by atoms with Gasteiger partial charge >= 0.3 is 0 Å². The van der Waals surface area contributed by atoms with E-state index in [1.54, 1.807) is 11.3 Å². The van der Waals surface area contributed by atoms with Gasteiger partial charge in [0.15, 0.2) is 0 Å². The standard InChI is InChI=1S/C19H25N3O2S/c1-14-17(15(2)24-20-14)11-21-7-4-19(5-8-21)6-9-22(13-19)18(23)16-3-10-25-12-16/h3,10,12H,4-9,11,13H2,1-2H3. The van der Waals surface area contributed by atoms with Crippen molar-refractivity contribution in [1.82, 2.24) is 15.0 Å². The van der Waals surface area contributed by atoms with Crippen molar-refractivity contribution in [2.75, 3.05) is 26.2 Å². The molecule has 6 heteroatoms. The van der Waals surface area contributed by atoms with Gasteiger partial charge in [-0.2, -0.15) is 11.3 Å². The Labute approximate surface area is 152 Å². The van der Waals surface area contributed by atoms with Gasteiger partial charge in [0.25, 0.3) is 5.91 Å². The van der Waals surface area contributed by atoms with E-state index in [2.05, 4.69) is 15.0 Å². The normalized spacial score (nSPS) is 20.5. The van der Waals surface area contributed by atoms with Gasteiger partial charge < -0.3 is 9.42 Å². The third kappa shape index (κ3) is 3.25. The highest BCUT2D eigenvalue weighted by molar-refractivity contribution is 7.08. The van der Waals surface area contributed by atoms with Crippen molar-refractivity contribution in [2.45, 2.75) is 39.7 Å². The van der Waals surface area contributed by atoms with E-state index >= 15 is 0 Å². The molecule has 1 amide bonds. The third-order valence-electron chi connectivity index (χ3n) is 5.97. The maximum absolute atomic E-state index is 12.6. The first-order chi connectivity index (χ1) is 12.1. The highest BCUT2D eigenvalue weighted by atomic mass is 32.1. The van der Waals surface area contributed by atoms with Crippen LogP contribution in [-0.4, -0.2) is 47.0 Å². The molecule has 0 N–H and O–H groups in total. The number of amides is 1. The van der Waals surface area contributed by atoms with E-state index < -0.39 is 0 Å². The zero-order valence-electron chi connectivity index (χ0n) is 15.0. The lowest BCUT2D eigenvalue weighted by atomic mass is 9.77. The van der Waals surface area contributed by atoms with Crippen LogP contribution in [0.5, 0.6) is 0 Å². The van der Waals surface area contributed by atoms with Gasteiger partial charge in [0.1, 0.15) is 5.76 Å². The van der Waals surface area contributed by atoms with Gasteiger partial charge in [-0.1, -0.05) is 5.16 Å². The predicted octanol–water partition coefficient (Wildman–Crippen LogP) is 3.48. The van der Waals surface area contributed by atoms with E-state index in [0.29, 0.717) is 5.41 Å². The molecule has 4 heterocycles. The molecular formula is C19H25N3O2S. The minimum Gasteiger partial charge on any atom is -0.361 e. The van der Waals surface area contributed by atoms with Gasteiger partial charge in [-0.05, 0) is 63.1 Å². The Morgan fingerprint density at radius 1 is 1.28 bits per heavy atom. The largest absolute Gasteiger partial charge is 0.361 e. The van der Waals surface area contributed by atoms with Crippen LogP contribution in [0, 0.1) is 19.3 Å². The topological polar surface area (TPSA) is 49.6 Å². The van der Waals surface area contributed by atoms with E-state index in [-0.39, 0.29) is 5.91 Å². The summed E-state index contributed by atoms with van der Waals surface area (Å²) in [6.07, 6.45) is 3.48. The van der Waals surface area contributed by atoms with Crippen molar-refractivity contribution in [3.8, 4) is 0 Å². The van der Waals surface area contributed by atoms with Crippen LogP contribution in [0.15, 0.2) is 21.3 Å². The van der Waals surface area contributed by atoms with Gasteiger partial charge in [0.05, 0.1) is 11.3 Å². The fourth-order valence-electron chi connectivity index (χ4n) is 4.22. The molecule has 0 unspecified atom stereocenters. The minimum atomic E-state index is 0.205. The van der Waals surface area contributed by atoms with Crippen molar-refractivity contribution in [2.24, 2.45) is 5.41 Å². The van der Waals surface area contributed by atoms with Crippen LogP contribution < -0.4 is 0 Å². The van der Waals surface area contributed by atoms with Crippen LogP contribution in [0.3, 0.4) is 0 Å². The molecule has 0 bridgehead atoms. The number of nitrogens with zero attached hydrogens (tertiary/aromatic N) is 3. The Balaban J connectivity index is 1.35. The summed E-state index contributed by atoms with van der Waals surface area (Å²) in [4.78, 5) is 17.2. The fraction of sp³-hybridized carbons (Fsp3) is 0.579. The van der Waals surface area contributed by atoms with E-state index in [1.807, 2.05) is 30.7 Å². The first-order valence-electron chi connectivity index (χ1n) is 9.02. The summed E-state index contributed by atoms with van der Waals surface area (Å²) in [6, 6.07) is 1.93. The first-order valence-corrected chi connectivity index (χ1v) is 9.96. The SMILES string of the molecule is Cc1noc(C)c1CN1CCC2(CC1)CCN(C(=O)c1ccsc1)C2. The highest BCUT2D eigenvalue weighted by Crippen LogP contribution is 2.41. The molecule has 2 fully saturated rings. The Bertz CT molecular complexity index is 725. The van der Waals surface area contributed by atoms with Gasteiger partial charge in [0, 0.05) is 30.6 Å². The summed E-state index contributed by atoms with van der Waals surface area (Å²) in [7, 11) is 0. The highest BCUT2D eigenvalue weighted by Gasteiger charge is 2.42. The molecule has 5 nitrogen and oxygen atoms in total. The summed E-state index contributed by atoms with van der Waals surface area (Å²) in [6.45, 7) is 8.93. The Hall–Kier alpha value is -1.66. The van der Waals surface area contributed by atoms with E-state index in [4.69, 9.17) is 4.52 Å². The number of piperidine rings is 1. The fourth-order valence-corrected chi connectivity index (χ4v) is 4.85. The zero-order chi connectivity index (χ0) is 17.4. The molecule has 2 saturated heterocycles. The second-order valence-electron chi connectivity index (χ2n) is 7.57. The Morgan fingerprint density at radius 3 is 2.68 bits per heavy atom. The van der Waals surface area contributed by atoms with Crippen LogP contribution >= 0.6 is 11.3 Å². The smallest absolute Gasteiger partial charge is 0.254 e. The predicted molar refractivity (Wildman–Crippen MR) is 97.8 cm³/mol. The summed E-state index contributed by atoms with van der Waals surface area (Å²) in [5, 5.41) is 8.00. The monoisotopic (exact) mass is 359 g/mol. The minimum absolute atomic E-state index is 0.205. The van der Waals surface area contributed by atoms with Crippen molar-refractivity contribution in [1.29, 1.82) is 0 Å². The van der Waals surface area contributed by atoms with Crippen molar-refractivity contribution < 1.29 is 9.32 Å². The summed E-state index contributed by atoms with van der Waals surface area (Å²) < 4.78 is 5.29. The maximum Gasteiger partial charge on any atom is 0.254 e. The van der Waals surface area contributed by atoms with Crippen LogP contribution in [0.1, 0.15) is 46.6 Å². The van der Waals surface area contributed by atoms with Crippen molar-refractivity contribution in [3.63, 3.8) is 0 Å². The molecule has 2 aliphatic heterocycles. The lowest BCUT2D eigenvalue weighted by molar-refractivity contribution is 0.0713. The van der Waals surface area contributed by atoms with Gasteiger partial charge in [-0.3, -0.25) is 9.69 Å². The van der Waals surface area contributed by atoms with Crippen molar-refractivity contribution >= 4 is 17.2 Å². The lowest BCUT2D eigenvalue weighted by Crippen LogP contribution is -2.42. The van der Waals surface area contributed by atoms with Gasteiger partial charge in [0.2, 0.25) is 0 Å². The van der Waals surface area contributed by atoms with Crippen LogP contribution in [0.2, 0.25) is 0 Å². The number of carbonyl (C=O) groups excluding carboxylic acids is 1. The molecule has 0 aliphatic carbocycles. The quantitative estimate of drug-likeness (QED) is 0.842. The molecule has 0 radical (unpaired) electrons. The summed E-state index contributed by atoms with van der Waals surface area (Å²) in [5.41, 5.74) is 3.40. The third-order valence-corrected chi connectivity index (χ3v) is 6.66. The summed E-state index contributed by atoms with van der Waals surface area (Å²) >= 11 is 1.59. The molecule has 0 atom stereocenters. The van der Waals surface area contributed by atoms with Crippen LogP contribution in [0.4, 0.5) is 0 Å². The number of hydrogen-bond donors (Lipinski definition) is 0. The molecule has 2 aliphatic rings. The number of carbonyl (C=O) groups is 1. The summed E-state index contributed by atoms with van der Waals surface area (Å²) in [5.74, 6) is 1.14. The van der Waals surface area contributed by atoms with E-state index in [0.717, 1.165) is 56.2 Å². The second kappa shape index (κ2) is 6.57. The molecule has 4 rings (SSSR count). The average Bonchev–Trinajstić information content (AvgIpc) is 3.34. The van der Waals surface area contributed by atoms with E-state index in [1.165, 1.54) is 18.4 Å². The number of aromatic nitrogens is 1. The van der Waals surface area contributed by atoms with Crippen molar-refractivity contribution in [3.05, 3.63) is 39.4 Å². The number of aryl methyl sites for hydroxylation is 2. The molecule has 0 saturated carbocycles. The number of rotatable bonds is 3. The van der Waals surface area contributed by atoms with Gasteiger partial charge in [-0.15, -0.1) is 0 Å². The van der Waals surface area contributed by atoms with Crippen LogP contribution in [0.25, 0.3) is 0 Å². The molecule has 134 valence electrons. The number of likely N-dealkylation sites (tertiary alicyclic amines) is 2. The number of hydrogen-bond acceptors (Lipinski definition) is 5. The molecular weight excluding hydrogens is 334 g/mol. The lowest BCUT2D eigenvalue weighted by Gasteiger charge is -2.39. The van der Waals surface area contributed by atoms with Gasteiger partial charge in [-0.25, -0.2) is 0 Å². The molecule has 2 aromatic heterocycles. The van der Waals surface area contributed by atoms with E-state index in [9.17, 15) is 4.79 Å². The Kier molecular flexibility index (Phi) is 4.41. The molecule has 25 heavy (non-hydrogen) atoms. The molecule has 1 spiro atoms.